The lowest BCUT2D eigenvalue weighted by molar-refractivity contribution is 0.262. The highest BCUT2D eigenvalue weighted by Gasteiger charge is 2.11. The van der Waals surface area contributed by atoms with Crippen LogP contribution in [0.1, 0.15) is 11.4 Å². The van der Waals surface area contributed by atoms with Gasteiger partial charge in [-0.05, 0) is 12.1 Å². The Morgan fingerprint density at radius 1 is 1.33 bits per heavy atom. The number of aliphatic hydroxyl groups excluding tert-OH is 1. The Balaban J connectivity index is 2.12. The Morgan fingerprint density at radius 3 is 2.78 bits per heavy atom. The summed E-state index contributed by atoms with van der Waals surface area (Å²) in [5.41, 5.74) is 1.30. The molecule has 1 aromatic carbocycles. The third kappa shape index (κ3) is 2.75. The number of rotatable bonds is 6. The summed E-state index contributed by atoms with van der Waals surface area (Å²) in [7, 11) is 0. The third-order valence-corrected chi connectivity index (χ3v) is 2.49. The predicted molar refractivity (Wildman–Crippen MR) is 66.9 cm³/mol. The van der Waals surface area contributed by atoms with Gasteiger partial charge in [0.15, 0.2) is 0 Å². The largest absolute Gasteiger partial charge is 0.487 e. The minimum absolute atomic E-state index is 0.148. The van der Waals surface area contributed by atoms with E-state index in [1.54, 1.807) is 10.8 Å². The van der Waals surface area contributed by atoms with Crippen molar-refractivity contribution in [3.63, 3.8) is 0 Å². The van der Waals surface area contributed by atoms with Gasteiger partial charge in [0.2, 0.25) is 0 Å². The number of ether oxygens (including phenoxy) is 1. The van der Waals surface area contributed by atoms with Gasteiger partial charge in [0.05, 0.1) is 13.2 Å². The van der Waals surface area contributed by atoms with Crippen molar-refractivity contribution in [2.75, 3.05) is 0 Å². The minimum Gasteiger partial charge on any atom is -0.487 e. The molecule has 5 heteroatoms. The van der Waals surface area contributed by atoms with Crippen molar-refractivity contribution < 1.29 is 9.84 Å². The van der Waals surface area contributed by atoms with E-state index in [4.69, 9.17) is 4.74 Å². The SMILES string of the molecule is C=CCn1nnc(CO)c1COc1ccccc1. The van der Waals surface area contributed by atoms with Gasteiger partial charge in [-0.3, -0.25) is 0 Å². The van der Waals surface area contributed by atoms with Gasteiger partial charge in [-0.25, -0.2) is 4.68 Å². The van der Waals surface area contributed by atoms with Crippen LogP contribution in [0.25, 0.3) is 0 Å². The summed E-state index contributed by atoms with van der Waals surface area (Å²) >= 11 is 0. The number of aromatic nitrogens is 3. The van der Waals surface area contributed by atoms with E-state index in [0.717, 1.165) is 11.4 Å². The van der Waals surface area contributed by atoms with E-state index in [1.165, 1.54) is 0 Å². The van der Waals surface area contributed by atoms with E-state index in [-0.39, 0.29) is 6.61 Å². The monoisotopic (exact) mass is 245 g/mol. The minimum atomic E-state index is -0.148. The van der Waals surface area contributed by atoms with Crippen molar-refractivity contribution in [2.45, 2.75) is 19.8 Å². The molecule has 2 aromatic rings. The molecule has 1 aromatic heterocycles. The van der Waals surface area contributed by atoms with Gasteiger partial charge in [-0.2, -0.15) is 0 Å². The molecule has 0 amide bonds. The summed E-state index contributed by atoms with van der Waals surface area (Å²) in [6, 6.07) is 9.49. The van der Waals surface area contributed by atoms with Gasteiger partial charge in [0.25, 0.3) is 0 Å². The Hall–Kier alpha value is -2.14. The Morgan fingerprint density at radius 2 is 2.11 bits per heavy atom. The summed E-state index contributed by atoms with van der Waals surface area (Å²) in [6.45, 7) is 4.37. The molecule has 0 aliphatic carbocycles. The van der Waals surface area contributed by atoms with Crippen molar-refractivity contribution >= 4 is 0 Å². The Labute approximate surface area is 105 Å². The highest BCUT2D eigenvalue weighted by molar-refractivity contribution is 5.21. The second-order valence-corrected chi connectivity index (χ2v) is 3.71. The van der Waals surface area contributed by atoms with Crippen molar-refractivity contribution in [1.29, 1.82) is 0 Å². The Bertz CT molecular complexity index is 508. The lowest BCUT2D eigenvalue weighted by Crippen LogP contribution is -2.08. The van der Waals surface area contributed by atoms with Crippen LogP contribution in [0.2, 0.25) is 0 Å². The average Bonchev–Trinajstić information content (AvgIpc) is 2.80. The maximum Gasteiger partial charge on any atom is 0.132 e. The van der Waals surface area contributed by atoms with E-state index in [1.807, 2.05) is 30.3 Å². The second-order valence-electron chi connectivity index (χ2n) is 3.71. The normalized spacial score (nSPS) is 10.3. The molecule has 94 valence electrons. The standard InChI is InChI=1S/C13H15N3O2/c1-2-8-16-13(12(9-17)14-15-16)10-18-11-6-4-3-5-7-11/h2-7,17H,1,8-10H2. The van der Waals surface area contributed by atoms with Gasteiger partial charge >= 0.3 is 0 Å². The van der Waals surface area contributed by atoms with Crippen LogP contribution in [0.4, 0.5) is 0 Å². The molecule has 0 unspecified atom stereocenters. The lowest BCUT2D eigenvalue weighted by Gasteiger charge is -2.08. The molecule has 0 atom stereocenters. The fourth-order valence-electron chi connectivity index (χ4n) is 1.59. The average molecular weight is 245 g/mol. The fourth-order valence-corrected chi connectivity index (χ4v) is 1.59. The zero-order valence-electron chi connectivity index (χ0n) is 9.99. The van der Waals surface area contributed by atoms with E-state index in [0.29, 0.717) is 18.8 Å². The molecule has 0 saturated heterocycles. The first kappa shape index (κ1) is 12.3. The maximum atomic E-state index is 9.20. The first-order chi connectivity index (χ1) is 8.85. The second kappa shape index (κ2) is 5.97. The number of para-hydroxylation sites is 1. The highest BCUT2D eigenvalue weighted by Crippen LogP contribution is 2.13. The molecule has 0 radical (unpaired) electrons. The van der Waals surface area contributed by atoms with E-state index in [9.17, 15) is 5.11 Å². The van der Waals surface area contributed by atoms with Crippen LogP contribution < -0.4 is 4.74 Å². The number of allylic oxidation sites excluding steroid dienone is 1. The smallest absolute Gasteiger partial charge is 0.132 e. The summed E-state index contributed by atoms with van der Waals surface area (Å²) in [5.74, 6) is 0.771. The first-order valence-electron chi connectivity index (χ1n) is 5.66. The van der Waals surface area contributed by atoms with E-state index < -0.39 is 0 Å². The van der Waals surface area contributed by atoms with Crippen LogP contribution >= 0.6 is 0 Å². The van der Waals surface area contributed by atoms with Crippen LogP contribution in [-0.2, 0) is 19.8 Å². The summed E-state index contributed by atoms with van der Waals surface area (Å²) in [6.07, 6.45) is 1.72. The molecule has 5 nitrogen and oxygen atoms in total. The van der Waals surface area contributed by atoms with Gasteiger partial charge in [-0.15, -0.1) is 11.7 Å². The van der Waals surface area contributed by atoms with Crippen molar-refractivity contribution in [2.24, 2.45) is 0 Å². The molecule has 0 spiro atoms. The van der Waals surface area contributed by atoms with Crippen LogP contribution in [0.15, 0.2) is 43.0 Å². The fraction of sp³-hybridized carbons (Fsp3) is 0.231. The van der Waals surface area contributed by atoms with Crippen LogP contribution in [-0.4, -0.2) is 20.1 Å². The summed E-state index contributed by atoms with van der Waals surface area (Å²) in [5, 5.41) is 17.0. The molecule has 0 aliphatic heterocycles. The number of nitrogens with zero attached hydrogens (tertiary/aromatic N) is 3. The van der Waals surface area contributed by atoms with Crippen molar-refractivity contribution in [1.82, 2.24) is 15.0 Å². The molecule has 0 bridgehead atoms. The molecule has 0 saturated carbocycles. The molecule has 0 aliphatic rings. The van der Waals surface area contributed by atoms with Gasteiger partial charge in [0.1, 0.15) is 23.7 Å². The molecule has 18 heavy (non-hydrogen) atoms. The molecule has 0 fully saturated rings. The van der Waals surface area contributed by atoms with Crippen molar-refractivity contribution in [3.8, 4) is 5.75 Å². The van der Waals surface area contributed by atoms with Gasteiger partial charge in [0, 0.05) is 0 Å². The first-order valence-corrected chi connectivity index (χ1v) is 5.66. The Kier molecular flexibility index (Phi) is 4.09. The summed E-state index contributed by atoms with van der Waals surface area (Å²) < 4.78 is 7.30. The highest BCUT2D eigenvalue weighted by atomic mass is 16.5. The molecule has 1 heterocycles. The number of hydrogen-bond acceptors (Lipinski definition) is 4. The number of hydrogen-bond donors (Lipinski definition) is 1. The molecule has 2 rings (SSSR count). The van der Waals surface area contributed by atoms with E-state index >= 15 is 0 Å². The van der Waals surface area contributed by atoms with Crippen molar-refractivity contribution in [3.05, 3.63) is 54.4 Å². The molecular formula is C13H15N3O2. The maximum absolute atomic E-state index is 9.20. The zero-order valence-corrected chi connectivity index (χ0v) is 9.99. The van der Waals surface area contributed by atoms with Crippen LogP contribution in [0.5, 0.6) is 5.75 Å². The summed E-state index contributed by atoms with van der Waals surface area (Å²) in [4.78, 5) is 0. The zero-order chi connectivity index (χ0) is 12.8. The predicted octanol–water partition coefficient (Wildman–Crippen LogP) is 1.54. The van der Waals surface area contributed by atoms with Crippen LogP contribution in [0, 0.1) is 0 Å². The third-order valence-electron chi connectivity index (χ3n) is 2.49. The molecular weight excluding hydrogens is 230 g/mol. The topological polar surface area (TPSA) is 60.2 Å². The quantitative estimate of drug-likeness (QED) is 0.784. The van der Waals surface area contributed by atoms with E-state index in [2.05, 4.69) is 16.9 Å². The number of benzene rings is 1. The van der Waals surface area contributed by atoms with Gasteiger partial charge in [-0.1, -0.05) is 29.5 Å². The molecule has 1 N–H and O–H groups in total. The van der Waals surface area contributed by atoms with Crippen LogP contribution in [0.3, 0.4) is 0 Å². The van der Waals surface area contributed by atoms with Gasteiger partial charge < -0.3 is 9.84 Å². The number of aliphatic hydroxyl groups is 1. The lowest BCUT2D eigenvalue weighted by atomic mass is 10.3.